The monoisotopic (exact) mass is 212 g/mol. The molecule has 1 aliphatic heterocycles. The van der Waals surface area contributed by atoms with Gasteiger partial charge in [-0.1, -0.05) is 0 Å². The van der Waals surface area contributed by atoms with Crippen molar-refractivity contribution in [1.29, 1.82) is 0 Å². The normalized spacial score (nSPS) is 11.4. The second-order valence-electron chi connectivity index (χ2n) is 2.26. The van der Waals surface area contributed by atoms with Crippen LogP contribution in [0, 0.1) is 0 Å². The molecule has 0 unspecified atom stereocenters. The third kappa shape index (κ3) is 30.1. The summed E-state index contributed by atoms with van der Waals surface area (Å²) in [5, 5.41) is 18.1. The van der Waals surface area contributed by atoms with E-state index in [9.17, 15) is 4.79 Å². The molecule has 0 aromatic carbocycles. The topological polar surface area (TPSA) is 99.0 Å². The number of hydrogen-bond acceptors (Lipinski definition) is 4. The Balaban J connectivity index is 0. The number of aliphatic carboxylic acids is 2. The van der Waals surface area contributed by atoms with Crippen molar-refractivity contribution in [3.05, 3.63) is 0 Å². The molecular weight excluding hydrogens is 199 g/mol. The standard InChI is InChI=1S/C3H6N2.C2H4O2.C2H3O2.Na/c1-2-5-3-4-1;2*1-2(3)4;/h3H,1-2H2,(H,4,5);1H3,(H,3,4);1H2,(H,3,4);. The van der Waals surface area contributed by atoms with Crippen LogP contribution in [0.1, 0.15) is 6.92 Å². The van der Waals surface area contributed by atoms with Gasteiger partial charge in [0.25, 0.3) is 5.97 Å². The van der Waals surface area contributed by atoms with Crippen molar-refractivity contribution in [3.8, 4) is 0 Å². The predicted molar refractivity (Wildman–Crippen MR) is 52.9 cm³/mol. The molecule has 0 saturated carbocycles. The van der Waals surface area contributed by atoms with Crippen LogP contribution in [0.25, 0.3) is 0 Å². The third-order valence-corrected chi connectivity index (χ3v) is 1.48. The van der Waals surface area contributed by atoms with Crippen LogP contribution < -0.4 is 5.32 Å². The second-order valence-corrected chi connectivity index (χ2v) is 2.96. The van der Waals surface area contributed by atoms with Crippen molar-refractivity contribution in [2.45, 2.75) is 10.6 Å². The van der Waals surface area contributed by atoms with Gasteiger partial charge in [-0.3, -0.25) is 9.79 Å². The Kier molecular flexibility index (Phi) is 14.1. The number of carboxylic acid groups (broad SMARTS) is 2. The zero-order chi connectivity index (χ0) is 11.4. The number of nitrogens with one attached hydrogen (secondary N) is 1. The Bertz CT molecular complexity index is 186. The first-order chi connectivity index (χ1) is 6.50. The van der Waals surface area contributed by atoms with Gasteiger partial charge in [0, 0.05) is 13.5 Å². The van der Waals surface area contributed by atoms with Crippen LogP contribution in [0.15, 0.2) is 4.99 Å². The number of carboxylic acids is 2. The quantitative estimate of drug-likeness (QED) is 0.502. The van der Waals surface area contributed by atoms with Crippen LogP contribution in [0.2, 0.25) is 3.67 Å². The Morgan fingerprint density at radius 2 is 2.00 bits per heavy atom. The van der Waals surface area contributed by atoms with Crippen molar-refractivity contribution in [1.82, 2.24) is 5.32 Å². The molecule has 1 rings (SSSR count). The summed E-state index contributed by atoms with van der Waals surface area (Å²) in [4.78, 5) is 22.2. The van der Waals surface area contributed by atoms with Gasteiger partial charge in [-0.15, -0.1) is 0 Å². The van der Waals surface area contributed by atoms with E-state index in [0.717, 1.165) is 47.9 Å². The molecule has 0 aliphatic carbocycles. The van der Waals surface area contributed by atoms with Crippen molar-refractivity contribution >= 4 is 46.2 Å². The van der Waals surface area contributed by atoms with Gasteiger partial charge in [-0.05, 0) is 0 Å². The molecule has 0 radical (unpaired) electrons. The number of aliphatic imine (C=N–C) groups is 1. The molecule has 0 fully saturated rings. The van der Waals surface area contributed by atoms with E-state index in [1.54, 1.807) is 6.34 Å². The first-order valence-electron chi connectivity index (χ1n) is 4.13. The molecule has 0 bridgehead atoms. The second kappa shape index (κ2) is 12.4. The minimum absolute atomic E-state index is 0.361. The molecule has 6 nitrogen and oxygen atoms in total. The summed E-state index contributed by atoms with van der Waals surface area (Å²) in [7, 11) is 0. The SMILES string of the molecule is C1=NCCN1.CC(=O)O.O=C(O)[CH2][Na]. The van der Waals surface area contributed by atoms with Crippen LogP contribution in [0.3, 0.4) is 0 Å². The van der Waals surface area contributed by atoms with E-state index >= 15 is 0 Å². The van der Waals surface area contributed by atoms with Gasteiger partial charge in [0.15, 0.2) is 0 Å². The maximum absolute atomic E-state index is 9.40. The molecule has 0 atom stereocenters. The molecule has 0 amide bonds. The average Bonchev–Trinajstić information content (AvgIpc) is 2.59. The Labute approximate surface area is 99.8 Å². The van der Waals surface area contributed by atoms with Crippen molar-refractivity contribution in [3.63, 3.8) is 0 Å². The molecule has 0 aromatic heterocycles. The van der Waals surface area contributed by atoms with Crippen LogP contribution >= 0.6 is 0 Å². The maximum atomic E-state index is 9.40. The summed E-state index contributed by atoms with van der Waals surface area (Å²) in [5.74, 6) is -1.52. The van der Waals surface area contributed by atoms with E-state index in [1.807, 2.05) is 0 Å². The van der Waals surface area contributed by atoms with Gasteiger partial charge >= 0.3 is 47.5 Å². The number of rotatable bonds is 1. The van der Waals surface area contributed by atoms with E-state index in [-0.39, 0.29) is 0 Å². The van der Waals surface area contributed by atoms with Gasteiger partial charge in [0.2, 0.25) is 0 Å². The molecule has 7 heteroatoms. The van der Waals surface area contributed by atoms with Gasteiger partial charge in [0.05, 0.1) is 12.9 Å². The van der Waals surface area contributed by atoms with Gasteiger partial charge in [-0.2, -0.15) is 0 Å². The Hall–Kier alpha value is -0.590. The number of carbonyl (C=O) groups is 2. The fourth-order valence-electron chi connectivity index (χ4n) is 0.323. The van der Waals surface area contributed by atoms with Crippen molar-refractivity contribution in [2.75, 3.05) is 13.1 Å². The van der Waals surface area contributed by atoms with E-state index in [2.05, 4.69) is 10.3 Å². The van der Waals surface area contributed by atoms with Gasteiger partial charge < -0.3 is 10.4 Å². The summed E-state index contributed by atoms with van der Waals surface area (Å²) in [5.41, 5.74) is 0. The Morgan fingerprint density at radius 1 is 1.57 bits per heavy atom. The van der Waals surface area contributed by atoms with Crippen LogP contribution in [0.5, 0.6) is 0 Å². The summed E-state index contributed by atoms with van der Waals surface area (Å²) >= 11 is 0.774. The van der Waals surface area contributed by atoms with E-state index < -0.39 is 11.9 Å². The fourth-order valence-corrected chi connectivity index (χ4v) is 0.323. The summed E-state index contributed by atoms with van der Waals surface area (Å²) in [6.07, 6.45) is 1.74. The molecule has 0 saturated heterocycles. The summed E-state index contributed by atoms with van der Waals surface area (Å²) < 4.78 is 0.361. The Morgan fingerprint density at radius 3 is 2.07 bits per heavy atom. The predicted octanol–water partition coefficient (Wildman–Crippen LogP) is -0.633. The molecule has 76 valence electrons. The van der Waals surface area contributed by atoms with Crippen molar-refractivity contribution < 1.29 is 19.8 Å². The molecule has 14 heavy (non-hydrogen) atoms. The molecular formula is C7H13N2NaO4. The van der Waals surface area contributed by atoms with Crippen molar-refractivity contribution in [2.24, 2.45) is 4.99 Å². The summed E-state index contributed by atoms with van der Waals surface area (Å²) in [6.45, 7) is 3.07. The van der Waals surface area contributed by atoms with Gasteiger partial charge in [-0.25, -0.2) is 0 Å². The minimum atomic E-state index is -0.833. The molecule has 1 aliphatic rings. The zero-order valence-corrected chi connectivity index (χ0v) is 10.4. The van der Waals surface area contributed by atoms with Gasteiger partial charge in [0.1, 0.15) is 0 Å². The molecule has 0 spiro atoms. The first kappa shape index (κ1) is 15.9. The third-order valence-electron chi connectivity index (χ3n) is 0.870. The van der Waals surface area contributed by atoms with Crippen LogP contribution in [-0.4, -0.2) is 69.5 Å². The van der Waals surface area contributed by atoms with E-state index in [0.29, 0.717) is 3.67 Å². The number of hydrogen-bond donors (Lipinski definition) is 3. The molecule has 0 aromatic rings. The van der Waals surface area contributed by atoms with E-state index in [4.69, 9.17) is 15.0 Å². The zero-order valence-electron chi connectivity index (χ0n) is 8.36. The van der Waals surface area contributed by atoms with Crippen LogP contribution in [-0.2, 0) is 9.59 Å². The fraction of sp³-hybridized carbons (Fsp3) is 0.571. The molecule has 1 heterocycles. The average molecular weight is 212 g/mol. The van der Waals surface area contributed by atoms with Crippen LogP contribution in [0.4, 0.5) is 0 Å². The van der Waals surface area contributed by atoms with E-state index in [1.165, 1.54) is 0 Å². The first-order valence-corrected chi connectivity index (χ1v) is 5.55. The number of nitrogens with zero attached hydrogens (tertiary/aromatic N) is 1. The molecule has 3 N–H and O–H groups in total. The summed E-state index contributed by atoms with van der Waals surface area (Å²) in [6, 6.07) is 0.